The number of nitrogens with one attached hydrogen (secondary N) is 2. The predicted molar refractivity (Wildman–Crippen MR) is 80.4 cm³/mol. The van der Waals surface area contributed by atoms with Gasteiger partial charge in [0.15, 0.2) is 0 Å². The van der Waals surface area contributed by atoms with E-state index in [0.29, 0.717) is 18.2 Å². The summed E-state index contributed by atoms with van der Waals surface area (Å²) in [6.07, 6.45) is 0. The third-order valence-corrected chi connectivity index (χ3v) is 2.98. The summed E-state index contributed by atoms with van der Waals surface area (Å²) >= 11 is 2.20. The number of benzene rings is 1. The Morgan fingerprint density at radius 1 is 1.28 bits per heavy atom. The largest absolute Gasteiger partial charge is 0.348 e. The molecule has 0 atom stereocenters. The number of hydrogen-bond acceptors (Lipinski definition) is 2. The molecule has 5 heteroatoms. The molecule has 0 radical (unpaired) electrons. The molecule has 0 aromatic heterocycles. The summed E-state index contributed by atoms with van der Waals surface area (Å²) in [6.45, 7) is 6.34. The minimum absolute atomic E-state index is 0.321. The second kappa shape index (κ2) is 6.72. The molecule has 2 amide bonds. The molecule has 0 spiro atoms. The molecule has 1 aromatic carbocycles. The van der Waals surface area contributed by atoms with E-state index in [-0.39, 0.29) is 0 Å². The molecule has 2 N–H and O–H groups in total. The van der Waals surface area contributed by atoms with Crippen LogP contribution in [0.3, 0.4) is 0 Å². The number of rotatable bonds is 3. The van der Waals surface area contributed by atoms with Gasteiger partial charge in [-0.1, -0.05) is 13.8 Å². The fraction of sp³-hybridized carbons (Fsp3) is 0.385. The van der Waals surface area contributed by atoms with Gasteiger partial charge < -0.3 is 10.6 Å². The van der Waals surface area contributed by atoms with Crippen LogP contribution in [-0.2, 0) is 9.59 Å². The van der Waals surface area contributed by atoms with Crippen LogP contribution in [0, 0.1) is 16.4 Å². The Bertz CT molecular complexity index is 458. The lowest BCUT2D eigenvalue weighted by Gasteiger charge is -2.10. The lowest BCUT2D eigenvalue weighted by Crippen LogP contribution is -2.37. The Labute approximate surface area is 121 Å². The summed E-state index contributed by atoms with van der Waals surface area (Å²) in [5.74, 6) is -0.900. The monoisotopic (exact) mass is 360 g/mol. The maximum absolute atomic E-state index is 11.6. The zero-order valence-electron chi connectivity index (χ0n) is 10.7. The highest BCUT2D eigenvalue weighted by molar-refractivity contribution is 14.1. The zero-order chi connectivity index (χ0) is 13.7. The van der Waals surface area contributed by atoms with Gasteiger partial charge in [0.05, 0.1) is 0 Å². The molecule has 0 aliphatic carbocycles. The average Bonchev–Trinajstić information content (AvgIpc) is 2.29. The minimum Gasteiger partial charge on any atom is -0.348 e. The van der Waals surface area contributed by atoms with Crippen LogP contribution in [0.4, 0.5) is 5.69 Å². The third-order valence-electron chi connectivity index (χ3n) is 2.31. The Morgan fingerprint density at radius 3 is 2.50 bits per heavy atom. The van der Waals surface area contributed by atoms with Gasteiger partial charge in [-0.3, -0.25) is 9.59 Å². The van der Waals surface area contributed by atoms with Crippen molar-refractivity contribution >= 4 is 40.1 Å². The van der Waals surface area contributed by atoms with Crippen molar-refractivity contribution in [1.82, 2.24) is 5.32 Å². The van der Waals surface area contributed by atoms with Gasteiger partial charge in [0.25, 0.3) is 0 Å². The van der Waals surface area contributed by atoms with Crippen LogP contribution < -0.4 is 10.6 Å². The summed E-state index contributed by atoms with van der Waals surface area (Å²) in [5.41, 5.74) is 1.60. The first-order valence-corrected chi connectivity index (χ1v) is 6.83. The number of halogens is 1. The summed E-state index contributed by atoms with van der Waals surface area (Å²) in [6, 6.07) is 5.63. The number of carbonyl (C=O) groups is 2. The van der Waals surface area contributed by atoms with E-state index in [0.717, 1.165) is 9.13 Å². The first-order chi connectivity index (χ1) is 8.40. The van der Waals surface area contributed by atoms with Gasteiger partial charge in [-0.25, -0.2) is 0 Å². The molecular weight excluding hydrogens is 343 g/mol. The fourth-order valence-electron chi connectivity index (χ4n) is 1.32. The molecule has 0 saturated heterocycles. The summed E-state index contributed by atoms with van der Waals surface area (Å²) in [4.78, 5) is 23.1. The molecule has 0 heterocycles. The minimum atomic E-state index is -0.625. The van der Waals surface area contributed by atoms with E-state index in [4.69, 9.17) is 0 Å². The lowest BCUT2D eigenvalue weighted by atomic mass is 10.2. The van der Waals surface area contributed by atoms with Crippen molar-refractivity contribution in [3.63, 3.8) is 0 Å². The van der Waals surface area contributed by atoms with E-state index in [1.54, 1.807) is 6.07 Å². The molecule has 0 aliphatic rings. The van der Waals surface area contributed by atoms with E-state index >= 15 is 0 Å². The van der Waals surface area contributed by atoms with E-state index in [1.165, 1.54) is 0 Å². The molecule has 0 aliphatic heterocycles. The Kier molecular flexibility index (Phi) is 5.58. The summed E-state index contributed by atoms with van der Waals surface area (Å²) in [7, 11) is 0. The maximum Gasteiger partial charge on any atom is 0.313 e. The van der Waals surface area contributed by atoms with Crippen LogP contribution >= 0.6 is 22.6 Å². The van der Waals surface area contributed by atoms with Crippen LogP contribution in [0.2, 0.25) is 0 Å². The first-order valence-electron chi connectivity index (χ1n) is 5.75. The highest BCUT2D eigenvalue weighted by Gasteiger charge is 2.14. The van der Waals surface area contributed by atoms with Crippen LogP contribution in [0.1, 0.15) is 19.4 Å². The van der Waals surface area contributed by atoms with Gasteiger partial charge in [-0.2, -0.15) is 0 Å². The number of hydrogen-bond donors (Lipinski definition) is 2. The standard InChI is InChI=1S/C13H17IN2O2/c1-8(2)7-15-12(17)13(18)16-11-5-4-10(14)6-9(11)3/h4-6,8H,7H2,1-3H3,(H,15,17)(H,16,18). The molecule has 0 unspecified atom stereocenters. The third kappa shape index (κ3) is 4.64. The van der Waals surface area contributed by atoms with Crippen molar-refractivity contribution in [2.75, 3.05) is 11.9 Å². The number of amides is 2. The molecular formula is C13H17IN2O2. The number of carbonyl (C=O) groups excluding carboxylic acids is 2. The molecule has 1 rings (SSSR count). The van der Waals surface area contributed by atoms with Crippen molar-refractivity contribution in [2.24, 2.45) is 5.92 Å². The topological polar surface area (TPSA) is 58.2 Å². The fourth-order valence-corrected chi connectivity index (χ4v) is 1.97. The van der Waals surface area contributed by atoms with Crippen LogP contribution in [0.25, 0.3) is 0 Å². The smallest absolute Gasteiger partial charge is 0.313 e. The second-order valence-corrected chi connectivity index (χ2v) is 5.76. The quantitative estimate of drug-likeness (QED) is 0.642. The second-order valence-electron chi connectivity index (χ2n) is 4.52. The van der Waals surface area contributed by atoms with Crippen LogP contribution in [-0.4, -0.2) is 18.4 Å². The van der Waals surface area contributed by atoms with Gasteiger partial charge >= 0.3 is 11.8 Å². The highest BCUT2D eigenvalue weighted by atomic mass is 127. The summed E-state index contributed by atoms with van der Waals surface area (Å²) < 4.78 is 1.09. The van der Waals surface area contributed by atoms with Gasteiger partial charge in [0, 0.05) is 15.8 Å². The van der Waals surface area contributed by atoms with E-state index in [9.17, 15) is 9.59 Å². The van der Waals surface area contributed by atoms with Crippen LogP contribution in [0.5, 0.6) is 0 Å². The number of aryl methyl sites for hydroxylation is 1. The predicted octanol–water partition coefficient (Wildman–Crippen LogP) is 2.31. The molecule has 0 bridgehead atoms. The van der Waals surface area contributed by atoms with E-state index in [2.05, 4.69) is 33.2 Å². The van der Waals surface area contributed by atoms with Gasteiger partial charge in [0.2, 0.25) is 0 Å². The zero-order valence-corrected chi connectivity index (χ0v) is 12.9. The molecule has 98 valence electrons. The lowest BCUT2D eigenvalue weighted by molar-refractivity contribution is -0.136. The average molecular weight is 360 g/mol. The van der Waals surface area contributed by atoms with Gasteiger partial charge in [0.1, 0.15) is 0 Å². The molecule has 4 nitrogen and oxygen atoms in total. The van der Waals surface area contributed by atoms with Crippen LogP contribution in [0.15, 0.2) is 18.2 Å². The maximum atomic E-state index is 11.6. The Balaban J connectivity index is 2.61. The number of anilines is 1. The Hall–Kier alpha value is -1.11. The van der Waals surface area contributed by atoms with E-state index in [1.807, 2.05) is 32.9 Å². The summed E-state index contributed by atoms with van der Waals surface area (Å²) in [5, 5.41) is 5.19. The van der Waals surface area contributed by atoms with Crippen molar-refractivity contribution < 1.29 is 9.59 Å². The SMILES string of the molecule is Cc1cc(I)ccc1NC(=O)C(=O)NCC(C)C. The molecule has 0 fully saturated rings. The van der Waals surface area contributed by atoms with Crippen molar-refractivity contribution in [2.45, 2.75) is 20.8 Å². The van der Waals surface area contributed by atoms with Gasteiger partial charge in [-0.05, 0) is 59.2 Å². The molecule has 1 aromatic rings. The molecule has 18 heavy (non-hydrogen) atoms. The van der Waals surface area contributed by atoms with Crippen molar-refractivity contribution in [3.8, 4) is 0 Å². The Morgan fingerprint density at radius 2 is 1.94 bits per heavy atom. The first kappa shape index (κ1) is 14.9. The molecule has 0 saturated carbocycles. The van der Waals surface area contributed by atoms with Gasteiger partial charge in [-0.15, -0.1) is 0 Å². The van der Waals surface area contributed by atoms with Crippen molar-refractivity contribution in [3.05, 3.63) is 27.3 Å². The normalized spacial score (nSPS) is 10.3. The van der Waals surface area contributed by atoms with E-state index < -0.39 is 11.8 Å². The highest BCUT2D eigenvalue weighted by Crippen LogP contribution is 2.17. The van der Waals surface area contributed by atoms with Crippen molar-refractivity contribution in [1.29, 1.82) is 0 Å².